The number of aromatic nitrogens is 2. The highest BCUT2D eigenvalue weighted by Gasteiger charge is 2.36. The van der Waals surface area contributed by atoms with Crippen molar-refractivity contribution in [2.24, 2.45) is 5.92 Å². The van der Waals surface area contributed by atoms with Crippen LogP contribution in [-0.2, 0) is 15.7 Å². The molecule has 0 saturated carbocycles. The molecule has 0 aromatic carbocycles. The van der Waals surface area contributed by atoms with Gasteiger partial charge in [0.2, 0.25) is 5.01 Å². The van der Waals surface area contributed by atoms with E-state index < -0.39 is 17.8 Å². The van der Waals surface area contributed by atoms with E-state index in [4.69, 9.17) is 9.47 Å². The van der Waals surface area contributed by atoms with Gasteiger partial charge in [0.05, 0.1) is 6.61 Å². The number of hydrogen-bond donors (Lipinski definition) is 0. The first-order valence-corrected chi connectivity index (χ1v) is 9.43. The molecule has 1 atom stereocenters. The Morgan fingerprint density at radius 1 is 1.30 bits per heavy atom. The van der Waals surface area contributed by atoms with Gasteiger partial charge < -0.3 is 14.4 Å². The predicted molar refractivity (Wildman–Crippen MR) is 96.4 cm³/mol. The number of amides is 1. The number of rotatable bonds is 10. The van der Waals surface area contributed by atoms with Crippen molar-refractivity contribution in [3.05, 3.63) is 16.3 Å². The second-order valence-corrected chi connectivity index (χ2v) is 7.21. The van der Waals surface area contributed by atoms with Crippen molar-refractivity contribution in [3.63, 3.8) is 0 Å². The third-order valence-electron chi connectivity index (χ3n) is 3.78. The Morgan fingerprint density at radius 3 is 2.44 bits per heavy atom. The minimum absolute atomic E-state index is 0.152. The van der Waals surface area contributed by atoms with Gasteiger partial charge in [-0.25, -0.2) is 0 Å². The molecule has 10 heteroatoms. The molecule has 27 heavy (non-hydrogen) atoms. The number of carbonyl (C=O) groups excluding carboxylic acids is 1. The normalized spacial score (nSPS) is 12.6. The quantitative estimate of drug-likeness (QED) is 0.581. The molecule has 0 aliphatic rings. The molecule has 0 bridgehead atoms. The maximum absolute atomic E-state index is 12.7. The summed E-state index contributed by atoms with van der Waals surface area (Å²) in [4.78, 5) is 14.3. The first kappa shape index (κ1) is 23.4. The van der Waals surface area contributed by atoms with Crippen LogP contribution in [0.1, 0.15) is 45.5 Å². The van der Waals surface area contributed by atoms with Crippen LogP contribution in [0.15, 0.2) is 11.3 Å². The Kier molecular flexibility index (Phi) is 9.17. The Bertz CT molecular complexity index is 643. The summed E-state index contributed by atoms with van der Waals surface area (Å²) in [5.74, 6) is -0.214. The van der Waals surface area contributed by atoms with Crippen LogP contribution in [0.25, 0.3) is 0 Å². The van der Waals surface area contributed by atoms with Crippen molar-refractivity contribution in [2.75, 3.05) is 26.9 Å². The van der Waals surface area contributed by atoms with Crippen LogP contribution >= 0.6 is 11.3 Å². The average Bonchev–Trinajstić information content (AvgIpc) is 3.05. The van der Waals surface area contributed by atoms with Gasteiger partial charge in [0.25, 0.3) is 11.1 Å². The number of carbonyl (C=O) groups is 1. The maximum atomic E-state index is 12.7. The molecule has 0 spiro atoms. The van der Waals surface area contributed by atoms with Gasteiger partial charge in [-0.15, -0.1) is 5.10 Å². The highest BCUT2D eigenvalue weighted by atomic mass is 32.1. The third kappa shape index (κ3) is 7.10. The van der Waals surface area contributed by atoms with Crippen molar-refractivity contribution in [1.82, 2.24) is 15.1 Å². The molecule has 1 unspecified atom stereocenters. The van der Waals surface area contributed by atoms with Gasteiger partial charge in [-0.2, -0.15) is 13.2 Å². The van der Waals surface area contributed by atoms with Crippen LogP contribution in [-0.4, -0.2) is 47.9 Å². The van der Waals surface area contributed by atoms with E-state index in [1.165, 1.54) is 7.11 Å². The average molecular weight is 409 g/mol. The van der Waals surface area contributed by atoms with E-state index >= 15 is 0 Å². The SMILES string of the molecule is CCCC(C)C(=C(C)C)N(CCOC)C(=O)COc1nnc(C(F)(F)F)s1. The molecular weight excluding hydrogens is 383 g/mol. The minimum Gasteiger partial charge on any atom is -0.459 e. The molecule has 0 radical (unpaired) electrons. The Hall–Kier alpha value is -1.68. The molecule has 1 aromatic rings. The summed E-state index contributed by atoms with van der Waals surface area (Å²) in [6, 6.07) is 0. The molecular formula is C17H26F3N3O3S. The van der Waals surface area contributed by atoms with Crippen LogP contribution in [0.4, 0.5) is 13.2 Å². The van der Waals surface area contributed by atoms with E-state index in [2.05, 4.69) is 17.1 Å². The minimum atomic E-state index is -4.58. The summed E-state index contributed by atoms with van der Waals surface area (Å²) in [6.45, 7) is 8.20. The summed E-state index contributed by atoms with van der Waals surface area (Å²) in [5.41, 5.74) is 1.88. The van der Waals surface area contributed by atoms with Gasteiger partial charge in [-0.1, -0.05) is 42.3 Å². The molecule has 1 amide bonds. The monoisotopic (exact) mass is 409 g/mol. The van der Waals surface area contributed by atoms with Crippen LogP contribution in [0, 0.1) is 5.92 Å². The lowest BCUT2D eigenvalue weighted by Crippen LogP contribution is -2.39. The van der Waals surface area contributed by atoms with Crippen molar-refractivity contribution in [1.29, 1.82) is 0 Å². The molecule has 0 N–H and O–H groups in total. The standard InChI is InChI=1S/C17H26F3N3O3S/c1-6-7-12(4)14(11(2)3)23(8-9-25-5)13(24)10-26-16-22-21-15(27-16)17(18,19)20/h12H,6-10H2,1-5H3. The number of methoxy groups -OCH3 is 1. The number of ether oxygens (including phenoxy) is 2. The van der Waals surface area contributed by atoms with E-state index in [0.717, 1.165) is 24.1 Å². The predicted octanol–water partition coefficient (Wildman–Crippen LogP) is 4.14. The smallest absolute Gasteiger partial charge is 0.445 e. The van der Waals surface area contributed by atoms with Crippen molar-refractivity contribution < 1.29 is 27.4 Å². The van der Waals surface area contributed by atoms with Crippen molar-refractivity contribution >= 4 is 17.2 Å². The zero-order valence-electron chi connectivity index (χ0n) is 16.2. The fourth-order valence-electron chi connectivity index (χ4n) is 2.74. The third-order valence-corrected chi connectivity index (χ3v) is 4.66. The molecule has 1 aromatic heterocycles. The maximum Gasteiger partial charge on any atom is 0.445 e. The molecule has 0 fully saturated rings. The van der Waals surface area contributed by atoms with Gasteiger partial charge in [-0.05, 0) is 26.2 Å². The topological polar surface area (TPSA) is 64.5 Å². The van der Waals surface area contributed by atoms with Gasteiger partial charge in [0, 0.05) is 19.4 Å². The zero-order chi connectivity index (χ0) is 20.6. The molecule has 0 aliphatic carbocycles. The number of alkyl halides is 3. The molecule has 1 heterocycles. The summed E-state index contributed by atoms with van der Waals surface area (Å²) < 4.78 is 48.0. The largest absolute Gasteiger partial charge is 0.459 e. The fraction of sp³-hybridized carbons (Fsp3) is 0.706. The summed E-state index contributed by atoms with van der Waals surface area (Å²) in [6.07, 6.45) is -2.71. The van der Waals surface area contributed by atoms with E-state index in [9.17, 15) is 18.0 Å². The van der Waals surface area contributed by atoms with Gasteiger partial charge in [0.15, 0.2) is 6.61 Å². The molecule has 0 saturated heterocycles. The molecule has 6 nitrogen and oxygen atoms in total. The van der Waals surface area contributed by atoms with Gasteiger partial charge in [0.1, 0.15) is 0 Å². The molecule has 154 valence electrons. The summed E-state index contributed by atoms with van der Waals surface area (Å²) in [5, 5.41) is 4.98. The van der Waals surface area contributed by atoms with Crippen molar-refractivity contribution in [2.45, 2.75) is 46.7 Å². The summed E-state index contributed by atoms with van der Waals surface area (Å²) in [7, 11) is 1.54. The van der Waals surface area contributed by atoms with Gasteiger partial charge >= 0.3 is 6.18 Å². The second-order valence-electron chi connectivity index (χ2n) is 6.27. The van der Waals surface area contributed by atoms with Crippen LogP contribution in [0.2, 0.25) is 0 Å². The lowest BCUT2D eigenvalue weighted by Gasteiger charge is -2.30. The van der Waals surface area contributed by atoms with Gasteiger partial charge in [-0.3, -0.25) is 4.79 Å². The molecule has 0 aliphatic heterocycles. The number of allylic oxidation sites excluding steroid dienone is 2. The zero-order valence-corrected chi connectivity index (χ0v) is 17.0. The van der Waals surface area contributed by atoms with Crippen LogP contribution in [0.3, 0.4) is 0 Å². The van der Waals surface area contributed by atoms with Crippen molar-refractivity contribution in [3.8, 4) is 5.19 Å². The Balaban J connectivity index is 2.91. The Labute approximate surface area is 161 Å². The van der Waals surface area contributed by atoms with E-state index in [1.807, 2.05) is 20.8 Å². The fourth-order valence-corrected chi connectivity index (χ4v) is 3.31. The lowest BCUT2D eigenvalue weighted by molar-refractivity contribution is -0.138. The first-order valence-electron chi connectivity index (χ1n) is 8.61. The highest BCUT2D eigenvalue weighted by Crippen LogP contribution is 2.34. The lowest BCUT2D eigenvalue weighted by atomic mass is 9.97. The Morgan fingerprint density at radius 2 is 1.96 bits per heavy atom. The number of nitrogens with zero attached hydrogens (tertiary/aromatic N) is 3. The number of halogens is 3. The summed E-state index contributed by atoms with van der Waals surface area (Å²) >= 11 is 0.264. The van der Waals surface area contributed by atoms with Crippen LogP contribution in [0.5, 0.6) is 5.19 Å². The number of hydrogen-bond acceptors (Lipinski definition) is 6. The first-order chi connectivity index (χ1) is 12.6. The second kappa shape index (κ2) is 10.6. The molecule has 1 rings (SSSR count). The van der Waals surface area contributed by atoms with E-state index in [1.54, 1.807) is 4.90 Å². The van der Waals surface area contributed by atoms with E-state index in [0.29, 0.717) is 13.2 Å². The van der Waals surface area contributed by atoms with E-state index in [-0.39, 0.29) is 28.4 Å². The van der Waals surface area contributed by atoms with Crippen LogP contribution < -0.4 is 4.74 Å². The highest BCUT2D eigenvalue weighted by molar-refractivity contribution is 7.13.